The van der Waals surface area contributed by atoms with Crippen LogP contribution in [-0.4, -0.2) is 80.8 Å². The number of hydrogen-bond acceptors (Lipinski definition) is 14. The molecule has 15 heteroatoms. The number of oxime groups is 1. The van der Waals surface area contributed by atoms with Gasteiger partial charge in [0.05, 0.1) is 46.8 Å². The van der Waals surface area contributed by atoms with Crippen LogP contribution in [-0.2, 0) is 22.6 Å². The van der Waals surface area contributed by atoms with Gasteiger partial charge in [-0.05, 0) is 103 Å². The van der Waals surface area contributed by atoms with Crippen molar-refractivity contribution in [3.05, 3.63) is 136 Å². The van der Waals surface area contributed by atoms with Gasteiger partial charge in [-0.15, -0.1) is 6.58 Å². The Kier molecular flexibility index (Phi) is 15.6. The maximum atomic E-state index is 11.9. The van der Waals surface area contributed by atoms with Crippen molar-refractivity contribution in [2.75, 3.05) is 32.7 Å². The van der Waals surface area contributed by atoms with Gasteiger partial charge in [-0.3, -0.25) is 24.9 Å². The van der Waals surface area contributed by atoms with E-state index in [9.17, 15) is 25.1 Å². The Bertz CT molecular complexity index is 2260. The van der Waals surface area contributed by atoms with Crippen molar-refractivity contribution < 1.29 is 43.7 Å². The lowest BCUT2D eigenvalue weighted by Crippen LogP contribution is -2.64. The molecule has 1 aromatic heterocycles. The van der Waals surface area contributed by atoms with Gasteiger partial charge in [-0.1, -0.05) is 30.1 Å². The van der Waals surface area contributed by atoms with Crippen LogP contribution in [0.5, 0.6) is 23.0 Å². The summed E-state index contributed by atoms with van der Waals surface area (Å²) in [4.78, 5) is 37.7. The molecule has 0 amide bonds. The fraction of sp³-hybridized carbons (Fsp3) is 0.417. The molecule has 1 aliphatic heterocycles. The third-order valence-corrected chi connectivity index (χ3v) is 13.4. The summed E-state index contributed by atoms with van der Waals surface area (Å²) in [6.07, 6.45) is 15.6. The highest BCUT2D eigenvalue weighted by Gasteiger charge is 2.64. The lowest BCUT2D eigenvalue weighted by atomic mass is 9.56. The van der Waals surface area contributed by atoms with Gasteiger partial charge in [0.25, 0.3) is 5.69 Å². The molecule has 63 heavy (non-hydrogen) atoms. The molecule has 0 radical (unpaired) electrons. The number of aliphatic hydroxyl groups excluding tert-OH is 2. The molecule has 0 spiro atoms. The second-order valence-corrected chi connectivity index (χ2v) is 17.2. The van der Waals surface area contributed by atoms with Crippen LogP contribution >= 0.6 is 11.8 Å². The summed E-state index contributed by atoms with van der Waals surface area (Å²) in [6, 6.07) is 17.2. The monoisotopic (exact) mass is 878 g/mol. The predicted molar refractivity (Wildman–Crippen MR) is 239 cm³/mol. The van der Waals surface area contributed by atoms with Gasteiger partial charge in [0.1, 0.15) is 29.6 Å². The number of benzene rings is 3. The molecule has 2 aliphatic carbocycles. The third kappa shape index (κ3) is 10.4. The second kappa shape index (κ2) is 21.7. The largest absolute Gasteiger partial charge is 0.496 e. The quantitative estimate of drug-likeness (QED) is 0.0237. The highest BCUT2D eigenvalue weighted by Crippen LogP contribution is 2.62. The van der Waals surface area contributed by atoms with Crippen LogP contribution in [0.15, 0.2) is 109 Å². The minimum absolute atomic E-state index is 0.00500. The van der Waals surface area contributed by atoms with E-state index in [1.807, 2.05) is 18.2 Å². The van der Waals surface area contributed by atoms with Gasteiger partial charge in [0.2, 0.25) is 5.79 Å². The number of nitro groups is 1. The molecule has 6 unspecified atom stereocenters. The molecule has 6 atom stereocenters. The zero-order valence-electron chi connectivity index (χ0n) is 35.4. The average Bonchev–Trinajstić information content (AvgIpc) is 3.30. The molecule has 1 saturated carbocycles. The van der Waals surface area contributed by atoms with Crippen molar-refractivity contribution in [2.45, 2.75) is 74.9 Å². The number of aromatic nitrogens is 2. The van der Waals surface area contributed by atoms with Crippen LogP contribution in [0.25, 0.3) is 0 Å². The lowest BCUT2D eigenvalue weighted by Gasteiger charge is -2.58. The molecule has 0 bridgehead atoms. The maximum Gasteiger partial charge on any atom is 0.269 e. The molecule has 1 fully saturated rings. The van der Waals surface area contributed by atoms with Crippen molar-refractivity contribution in [1.29, 1.82) is 0 Å². The highest BCUT2D eigenvalue weighted by molar-refractivity contribution is 8.00. The number of rotatable bonds is 23. The first kappa shape index (κ1) is 45.4. The average molecular weight is 879 g/mol. The van der Waals surface area contributed by atoms with Gasteiger partial charge in [-0.2, -0.15) is 11.8 Å². The van der Waals surface area contributed by atoms with Gasteiger partial charge in [-0.25, -0.2) is 0 Å². The van der Waals surface area contributed by atoms with Crippen molar-refractivity contribution in [3.63, 3.8) is 0 Å². The second-order valence-electron chi connectivity index (χ2n) is 15.9. The van der Waals surface area contributed by atoms with E-state index < -0.39 is 10.7 Å². The number of nitrogens with zero attached hydrogens (tertiary/aromatic N) is 4. The van der Waals surface area contributed by atoms with Crippen molar-refractivity contribution in [3.8, 4) is 23.0 Å². The number of thioether (sulfide) groups is 1. The van der Waals surface area contributed by atoms with Crippen molar-refractivity contribution >= 4 is 29.4 Å². The minimum Gasteiger partial charge on any atom is -0.496 e. The Morgan fingerprint density at radius 1 is 1.03 bits per heavy atom. The van der Waals surface area contributed by atoms with Crippen LogP contribution in [0.1, 0.15) is 78.0 Å². The number of hydrogen-bond donors (Lipinski definition) is 2. The van der Waals surface area contributed by atoms with Crippen molar-refractivity contribution in [2.24, 2.45) is 22.9 Å². The van der Waals surface area contributed by atoms with E-state index in [-0.39, 0.29) is 61.0 Å². The van der Waals surface area contributed by atoms with Crippen LogP contribution in [0.3, 0.4) is 0 Å². The number of carbonyl (C=O) groups excluding carboxylic acids is 1. The smallest absolute Gasteiger partial charge is 0.269 e. The van der Waals surface area contributed by atoms with Gasteiger partial charge in [0.15, 0.2) is 6.29 Å². The first-order valence-electron chi connectivity index (χ1n) is 21.4. The molecule has 2 N–H and O–H groups in total. The first-order chi connectivity index (χ1) is 30.8. The Balaban J connectivity index is 1.35. The number of unbranched alkanes of at least 4 members (excludes halogenated alkanes) is 2. The number of aryl methyl sites for hydroxylation is 1. The Morgan fingerprint density at radius 3 is 2.52 bits per heavy atom. The number of aliphatic hydroxyl groups is 2. The lowest BCUT2D eigenvalue weighted by molar-refractivity contribution is -0.384. The van der Waals surface area contributed by atoms with Crippen LogP contribution < -0.4 is 14.2 Å². The molecule has 2 heterocycles. The molecule has 4 aromatic rings. The van der Waals surface area contributed by atoms with Crippen LogP contribution in [0.2, 0.25) is 0 Å². The molecule has 3 aliphatic rings. The van der Waals surface area contributed by atoms with Gasteiger partial charge in [0, 0.05) is 68.3 Å². The number of allylic oxidation sites excluding steroid dienone is 1. The fourth-order valence-electron chi connectivity index (χ4n) is 9.21. The summed E-state index contributed by atoms with van der Waals surface area (Å²) < 4.78 is 26.2. The van der Waals surface area contributed by atoms with E-state index in [0.29, 0.717) is 60.0 Å². The molecule has 332 valence electrons. The molecular formula is C48H54N4O10S. The third-order valence-electron chi connectivity index (χ3n) is 12.0. The molecule has 7 rings (SSSR count). The SMILES string of the molecule is C=CCOC12Oc3ccc(Oc4ccc(OC)c(C=O)c4)cc3C3C(CCCCO)C(CCCCO)C=C(C(=NOCc4ccc([N+](=O)[O-])cc4)CC1SCCc1cnccn1)C32. The van der Waals surface area contributed by atoms with Crippen molar-refractivity contribution in [1.82, 2.24) is 9.97 Å². The minimum atomic E-state index is -1.18. The topological polar surface area (TPSA) is 185 Å². The fourth-order valence-corrected chi connectivity index (χ4v) is 10.6. The normalized spacial score (nSPS) is 22.8. The number of methoxy groups -OCH3 is 1. The van der Waals surface area contributed by atoms with E-state index >= 15 is 0 Å². The number of carbonyl (C=O) groups is 1. The Labute approximate surface area is 371 Å². The Hall–Kier alpha value is -5.61. The van der Waals surface area contributed by atoms with Crippen LogP contribution in [0, 0.1) is 27.9 Å². The predicted octanol–water partition coefficient (Wildman–Crippen LogP) is 8.81. The Morgan fingerprint density at radius 2 is 1.81 bits per heavy atom. The summed E-state index contributed by atoms with van der Waals surface area (Å²) in [5.41, 5.74) is 4.64. The number of fused-ring (bicyclic) bond motifs is 2. The maximum absolute atomic E-state index is 11.9. The van der Waals surface area contributed by atoms with E-state index in [2.05, 4.69) is 22.6 Å². The summed E-state index contributed by atoms with van der Waals surface area (Å²) in [7, 11) is 1.51. The van der Waals surface area contributed by atoms with Crippen LogP contribution in [0.4, 0.5) is 5.69 Å². The summed E-state index contributed by atoms with van der Waals surface area (Å²) in [5, 5.41) is 35.8. The summed E-state index contributed by atoms with van der Waals surface area (Å²) >= 11 is 1.73. The molecule has 0 saturated heterocycles. The summed E-state index contributed by atoms with van der Waals surface area (Å²) in [5.74, 6) is 1.25. The zero-order chi connectivity index (χ0) is 44.2. The molecule has 14 nitrogen and oxygen atoms in total. The highest BCUT2D eigenvalue weighted by atomic mass is 32.2. The number of nitro benzene ring substituents is 1. The molecule has 3 aromatic carbocycles. The zero-order valence-corrected chi connectivity index (χ0v) is 36.2. The van der Waals surface area contributed by atoms with Gasteiger partial charge < -0.3 is 34.0 Å². The summed E-state index contributed by atoms with van der Waals surface area (Å²) in [6.45, 7) is 4.53. The van der Waals surface area contributed by atoms with E-state index in [1.54, 1.807) is 66.8 Å². The van der Waals surface area contributed by atoms with Gasteiger partial charge >= 0.3 is 0 Å². The van der Waals surface area contributed by atoms with E-state index in [1.165, 1.54) is 19.2 Å². The van der Waals surface area contributed by atoms with E-state index in [0.717, 1.165) is 60.1 Å². The molecular weight excluding hydrogens is 825 g/mol. The van der Waals surface area contributed by atoms with E-state index in [4.69, 9.17) is 28.9 Å². The number of non-ortho nitro benzene ring substituents is 1. The first-order valence-corrected chi connectivity index (χ1v) is 22.5. The number of ether oxygens (including phenoxy) is 4. The number of aldehydes is 1. The standard InChI is InChI=1S/C48H54N4O10S/c1-3-23-59-48-45(63-24-18-35-29-49-19-20-50-35)28-42(51-60-31-32-10-12-36(13-11-32)52(56)57)40-26-33(8-4-6-21-53)39(9-5-7-22-54)46(47(40)48)41-27-38(15-17-44(41)62-48)61-37-14-16-43(58-2)34(25-37)30-55/h3,10-17,19-20,25-27,29-30,33,39,45-47,53-54H,1,4-9,18,21-24,28,31H2,2H3.